The van der Waals surface area contributed by atoms with Crippen molar-refractivity contribution in [3.05, 3.63) is 65.0 Å². The van der Waals surface area contributed by atoms with Gasteiger partial charge in [-0.25, -0.2) is 17.2 Å². The number of hydrogen-bond acceptors (Lipinski definition) is 5. The van der Waals surface area contributed by atoms with Crippen molar-refractivity contribution in [3.8, 4) is 0 Å². The molecule has 0 heterocycles. The Labute approximate surface area is 224 Å². The fourth-order valence-electron chi connectivity index (χ4n) is 6.03. The molecule has 4 atom stereocenters. The highest BCUT2D eigenvalue weighted by Gasteiger charge is 2.61. The third-order valence-corrected chi connectivity index (χ3v) is 10.6. The second-order valence-electron chi connectivity index (χ2n) is 11.3. The van der Waals surface area contributed by atoms with E-state index in [1.165, 1.54) is 19.9 Å². The molecule has 0 bridgehead atoms. The van der Waals surface area contributed by atoms with Crippen LogP contribution in [0.5, 0.6) is 0 Å². The van der Waals surface area contributed by atoms with Gasteiger partial charge in [0.15, 0.2) is 9.84 Å². The highest BCUT2D eigenvalue weighted by molar-refractivity contribution is 7.92. The van der Waals surface area contributed by atoms with Gasteiger partial charge in [-0.15, -0.1) is 0 Å². The number of rotatable bonds is 7. The maximum atomic E-state index is 14.8. The predicted molar refractivity (Wildman–Crippen MR) is 133 cm³/mol. The quantitative estimate of drug-likeness (QED) is 0.252. The number of hydrogen-bond donors (Lipinski definition) is 1. The molecule has 0 aromatic heterocycles. The molecule has 2 aliphatic rings. The lowest BCUT2D eigenvalue weighted by Crippen LogP contribution is -2.45. The van der Waals surface area contributed by atoms with Crippen molar-refractivity contribution in [1.29, 1.82) is 0 Å². The number of alkyl halides is 4. The number of aliphatic hydroxyl groups is 1. The Morgan fingerprint density at radius 2 is 1.69 bits per heavy atom. The van der Waals surface area contributed by atoms with E-state index in [-0.39, 0.29) is 42.7 Å². The van der Waals surface area contributed by atoms with Crippen LogP contribution < -0.4 is 0 Å². The first-order valence-electron chi connectivity index (χ1n) is 12.7. The summed E-state index contributed by atoms with van der Waals surface area (Å²) in [6, 6.07) is 7.65. The van der Waals surface area contributed by atoms with Crippen LogP contribution in [0.1, 0.15) is 63.1 Å². The monoisotopic (exact) mass is 574 g/mol. The molecule has 0 saturated heterocycles. The van der Waals surface area contributed by atoms with E-state index in [0.29, 0.717) is 18.9 Å². The number of benzene rings is 2. The maximum Gasteiger partial charge on any atom is 0.426 e. The van der Waals surface area contributed by atoms with Crippen molar-refractivity contribution in [2.75, 3.05) is 6.61 Å². The van der Waals surface area contributed by atoms with E-state index < -0.39 is 61.2 Å². The summed E-state index contributed by atoms with van der Waals surface area (Å²) >= 11 is 0. The van der Waals surface area contributed by atoms with Crippen LogP contribution in [0, 0.1) is 17.7 Å². The summed E-state index contributed by atoms with van der Waals surface area (Å²) in [5.74, 6) is -2.26. The first-order valence-corrected chi connectivity index (χ1v) is 14.2. The number of esters is 1. The van der Waals surface area contributed by atoms with E-state index in [9.17, 15) is 40.3 Å². The van der Waals surface area contributed by atoms with Crippen LogP contribution in [0.3, 0.4) is 0 Å². The summed E-state index contributed by atoms with van der Waals surface area (Å²) in [4.78, 5) is 12.5. The van der Waals surface area contributed by atoms with Crippen molar-refractivity contribution in [2.45, 2.75) is 80.0 Å². The van der Waals surface area contributed by atoms with E-state index in [4.69, 9.17) is 4.74 Å². The van der Waals surface area contributed by atoms with Crippen molar-refractivity contribution in [1.82, 2.24) is 0 Å². The molecule has 2 aliphatic carbocycles. The van der Waals surface area contributed by atoms with Crippen LogP contribution in [0.25, 0.3) is 0 Å². The number of halogens is 5. The summed E-state index contributed by atoms with van der Waals surface area (Å²) in [7, 11) is -4.25. The van der Waals surface area contributed by atoms with Crippen LogP contribution in [-0.2, 0) is 36.2 Å². The fraction of sp³-hybridized carbons (Fsp3) is 0.536. The first kappa shape index (κ1) is 29.5. The van der Waals surface area contributed by atoms with E-state index in [0.717, 1.165) is 36.4 Å². The molecule has 1 saturated carbocycles. The largest absolute Gasteiger partial charge is 0.463 e. The Bertz CT molecular complexity index is 1350. The molecule has 4 rings (SSSR count). The second-order valence-corrected chi connectivity index (χ2v) is 13.5. The van der Waals surface area contributed by atoms with Gasteiger partial charge in [0, 0.05) is 6.42 Å². The predicted octanol–water partition coefficient (Wildman–Crippen LogP) is 5.92. The van der Waals surface area contributed by atoms with Gasteiger partial charge in [-0.1, -0.05) is 18.2 Å². The van der Waals surface area contributed by atoms with E-state index in [1.807, 2.05) is 0 Å². The highest BCUT2D eigenvalue weighted by atomic mass is 32.2. The van der Waals surface area contributed by atoms with Crippen LogP contribution in [0.4, 0.5) is 22.0 Å². The normalized spacial score (nSPS) is 24.9. The molecule has 1 unspecified atom stereocenters. The van der Waals surface area contributed by atoms with Crippen LogP contribution >= 0.6 is 0 Å². The molecule has 214 valence electrons. The molecule has 0 aliphatic heterocycles. The summed E-state index contributed by atoms with van der Waals surface area (Å²) in [5, 5.41) is 9.87. The summed E-state index contributed by atoms with van der Waals surface area (Å²) in [6.07, 6.45) is -4.47. The van der Waals surface area contributed by atoms with Crippen LogP contribution in [0.15, 0.2) is 47.4 Å². The lowest BCUT2D eigenvalue weighted by Gasteiger charge is -2.42. The van der Waals surface area contributed by atoms with Gasteiger partial charge < -0.3 is 9.84 Å². The lowest BCUT2D eigenvalue weighted by molar-refractivity contribution is -0.228. The Balaban J connectivity index is 1.80. The molecule has 0 radical (unpaired) electrons. The van der Waals surface area contributed by atoms with E-state index in [2.05, 4.69) is 0 Å². The molecule has 0 amide bonds. The number of carbonyl (C=O) groups excluding carboxylic acids is 1. The van der Waals surface area contributed by atoms with Gasteiger partial charge in [0.05, 0.1) is 10.5 Å². The number of sulfone groups is 1. The Hall–Kier alpha value is -2.53. The van der Waals surface area contributed by atoms with Gasteiger partial charge >= 0.3 is 12.1 Å². The minimum absolute atomic E-state index is 0.0688. The Morgan fingerprint density at radius 1 is 1.05 bits per heavy atom. The fourth-order valence-corrected chi connectivity index (χ4v) is 8.53. The third kappa shape index (κ3) is 5.19. The molecule has 2 aromatic carbocycles. The third-order valence-electron chi connectivity index (χ3n) is 8.03. The van der Waals surface area contributed by atoms with Crippen LogP contribution in [-0.4, -0.2) is 37.9 Å². The molecule has 2 aromatic rings. The molecule has 1 N–H and O–H groups in total. The molecular weight excluding hydrogens is 543 g/mol. The van der Waals surface area contributed by atoms with Crippen molar-refractivity contribution >= 4 is 15.8 Å². The van der Waals surface area contributed by atoms with E-state index >= 15 is 0 Å². The number of ether oxygens (including phenoxy) is 1. The van der Waals surface area contributed by atoms with Crippen molar-refractivity contribution in [2.24, 2.45) is 11.8 Å². The van der Waals surface area contributed by atoms with Gasteiger partial charge in [-0.2, -0.15) is 13.2 Å². The standard InChI is InChI=1S/C28H31F5O5S/c1-25(2,35)16-38-24(34)15-18-12-13-27(39(36,37)21-8-6-20(29)7-9-21)22(18)10-4-17-14-19(5-11-23(17)27)26(3,30)28(31,32)33/h5-9,11,14,18,22,35H,4,10,12-13,15-16H2,1-3H3/t18-,22-,26?,27-/m0/s1. The summed E-state index contributed by atoms with van der Waals surface area (Å²) < 4.78 is 101. The number of carbonyl (C=O) groups is 1. The Morgan fingerprint density at radius 3 is 2.28 bits per heavy atom. The zero-order valence-electron chi connectivity index (χ0n) is 21.8. The molecule has 11 heteroatoms. The van der Waals surface area contributed by atoms with Crippen molar-refractivity contribution in [3.63, 3.8) is 0 Å². The molecule has 5 nitrogen and oxygen atoms in total. The van der Waals surface area contributed by atoms with E-state index in [1.54, 1.807) is 0 Å². The molecule has 0 spiro atoms. The average Bonchev–Trinajstić information content (AvgIpc) is 3.21. The average molecular weight is 575 g/mol. The molecule has 39 heavy (non-hydrogen) atoms. The zero-order valence-corrected chi connectivity index (χ0v) is 22.6. The Kier molecular flexibility index (Phi) is 7.43. The number of aryl methyl sites for hydroxylation is 1. The lowest BCUT2D eigenvalue weighted by atomic mass is 9.72. The van der Waals surface area contributed by atoms with Gasteiger partial charge in [-0.05, 0) is 99.2 Å². The number of fused-ring (bicyclic) bond motifs is 3. The minimum atomic E-state index is -5.17. The van der Waals surface area contributed by atoms with Crippen LogP contribution in [0.2, 0.25) is 0 Å². The maximum absolute atomic E-state index is 14.8. The zero-order chi connectivity index (χ0) is 29.0. The minimum Gasteiger partial charge on any atom is -0.463 e. The summed E-state index contributed by atoms with van der Waals surface area (Å²) in [5.41, 5.74) is -4.93. The van der Waals surface area contributed by atoms with Gasteiger partial charge in [0.25, 0.3) is 0 Å². The second kappa shape index (κ2) is 9.83. The highest BCUT2D eigenvalue weighted by Crippen LogP contribution is 2.60. The topological polar surface area (TPSA) is 80.7 Å². The van der Waals surface area contributed by atoms with Gasteiger partial charge in [-0.3, -0.25) is 4.79 Å². The SMILES string of the molecule is CC(C)(O)COC(=O)C[C@@H]1CC[C@@]2(S(=O)(=O)c3ccc(F)cc3)c3ccc(C(C)(F)C(F)(F)F)cc3CC[C@@H]12. The van der Waals surface area contributed by atoms with Gasteiger partial charge in [0.1, 0.15) is 17.2 Å². The van der Waals surface area contributed by atoms with Gasteiger partial charge in [0.2, 0.25) is 5.67 Å². The molecule has 1 fully saturated rings. The summed E-state index contributed by atoms with van der Waals surface area (Å²) in [6.45, 7) is 3.14. The first-order chi connectivity index (χ1) is 17.9. The smallest absolute Gasteiger partial charge is 0.426 e. The molecular formula is C28H31F5O5S. The van der Waals surface area contributed by atoms with Crippen molar-refractivity contribution < 1.29 is 45.0 Å².